The molecule has 1 amide bonds. The lowest BCUT2D eigenvalue weighted by Crippen LogP contribution is -2.45. The summed E-state index contributed by atoms with van der Waals surface area (Å²) in [6.45, 7) is -0.0337. The van der Waals surface area contributed by atoms with Gasteiger partial charge in [0, 0.05) is 25.1 Å². The van der Waals surface area contributed by atoms with Crippen LogP contribution >= 0.6 is 0 Å². The number of nitrogens with zero attached hydrogens (tertiary/aromatic N) is 2. The van der Waals surface area contributed by atoms with Crippen LogP contribution in [0.15, 0.2) is 99.7 Å². The number of amides is 1. The Kier molecular flexibility index (Phi) is 9.26. The van der Waals surface area contributed by atoms with Gasteiger partial charge in [0.25, 0.3) is 0 Å². The highest BCUT2D eigenvalue weighted by molar-refractivity contribution is 7.92. The Labute approximate surface area is 243 Å². The zero-order valence-electron chi connectivity index (χ0n) is 22.9. The van der Waals surface area contributed by atoms with Crippen LogP contribution in [0.1, 0.15) is 29.5 Å². The highest BCUT2D eigenvalue weighted by Crippen LogP contribution is 2.19. The first-order valence-corrected chi connectivity index (χ1v) is 15.2. The molecule has 1 aliphatic rings. The van der Waals surface area contributed by atoms with E-state index in [0.717, 1.165) is 16.1 Å². The Morgan fingerprint density at radius 3 is 2.45 bits per heavy atom. The summed E-state index contributed by atoms with van der Waals surface area (Å²) in [5.41, 5.74) is 1.68. The molecule has 0 N–H and O–H groups in total. The fourth-order valence-corrected chi connectivity index (χ4v) is 5.98. The third kappa shape index (κ3) is 7.39. The SMILES string of the molecule is O=C(CN(CC1CCCO1)S(=O)(=O)/C=C/c1ccccc1)N(Cc1ccc(F)cc1)Cc1coc2ccccc2c1=O. The van der Waals surface area contributed by atoms with Crippen molar-refractivity contribution >= 4 is 33.0 Å². The number of carbonyl (C=O) groups is 1. The molecule has 1 aliphatic heterocycles. The van der Waals surface area contributed by atoms with Gasteiger partial charge in [0.1, 0.15) is 11.4 Å². The first-order chi connectivity index (χ1) is 20.3. The topological polar surface area (TPSA) is 97.1 Å². The van der Waals surface area contributed by atoms with Crippen LogP contribution in [0.25, 0.3) is 17.0 Å². The van der Waals surface area contributed by atoms with Gasteiger partial charge in [-0.2, -0.15) is 4.31 Å². The standard InChI is InChI=1S/C32H31FN2O6S/c33-27-14-12-25(13-15-27)19-34(20-26-23-41-30-11-5-4-10-29(30)32(26)37)31(36)22-35(21-28-9-6-17-40-28)42(38,39)18-16-24-7-2-1-3-8-24/h1-5,7-8,10-16,18,23,28H,6,9,17,19-22H2/b18-16+. The minimum Gasteiger partial charge on any atom is -0.464 e. The lowest BCUT2D eigenvalue weighted by Gasteiger charge is -2.28. The lowest BCUT2D eigenvalue weighted by molar-refractivity contribution is -0.132. The minimum atomic E-state index is -4.03. The van der Waals surface area contributed by atoms with E-state index in [9.17, 15) is 22.4 Å². The van der Waals surface area contributed by atoms with Crippen LogP contribution in [0, 0.1) is 5.82 Å². The molecule has 42 heavy (non-hydrogen) atoms. The Balaban J connectivity index is 1.44. The first-order valence-electron chi connectivity index (χ1n) is 13.6. The van der Waals surface area contributed by atoms with Crippen LogP contribution in [0.5, 0.6) is 0 Å². The van der Waals surface area contributed by atoms with E-state index in [1.807, 2.05) is 6.07 Å². The van der Waals surface area contributed by atoms with E-state index in [0.29, 0.717) is 35.1 Å². The number of rotatable bonds is 11. The number of sulfonamides is 1. The summed E-state index contributed by atoms with van der Waals surface area (Å²) in [4.78, 5) is 28.5. The fourth-order valence-electron chi connectivity index (χ4n) is 4.81. The average molecular weight is 591 g/mol. The Morgan fingerprint density at radius 2 is 1.71 bits per heavy atom. The summed E-state index contributed by atoms with van der Waals surface area (Å²) in [6.07, 6.45) is 3.95. The van der Waals surface area contributed by atoms with E-state index < -0.39 is 28.3 Å². The first kappa shape index (κ1) is 29.4. The molecule has 10 heteroatoms. The summed E-state index contributed by atoms with van der Waals surface area (Å²) in [5, 5.41) is 1.46. The van der Waals surface area contributed by atoms with E-state index in [1.165, 1.54) is 29.4 Å². The van der Waals surface area contributed by atoms with Crippen molar-refractivity contribution in [1.29, 1.82) is 0 Å². The predicted octanol–water partition coefficient (Wildman–Crippen LogP) is 4.94. The van der Waals surface area contributed by atoms with Crippen LogP contribution in [0.3, 0.4) is 0 Å². The van der Waals surface area contributed by atoms with Gasteiger partial charge in [-0.05, 0) is 54.3 Å². The van der Waals surface area contributed by atoms with Crippen molar-refractivity contribution in [2.24, 2.45) is 0 Å². The Morgan fingerprint density at radius 1 is 0.976 bits per heavy atom. The molecule has 1 saturated heterocycles. The van der Waals surface area contributed by atoms with Crippen molar-refractivity contribution in [3.63, 3.8) is 0 Å². The van der Waals surface area contributed by atoms with Crippen LogP contribution in [-0.2, 0) is 32.6 Å². The van der Waals surface area contributed by atoms with E-state index in [1.54, 1.807) is 60.7 Å². The van der Waals surface area contributed by atoms with Crippen LogP contribution in [0.4, 0.5) is 4.39 Å². The smallest absolute Gasteiger partial charge is 0.238 e. The molecule has 0 aliphatic carbocycles. The van der Waals surface area contributed by atoms with Crippen molar-refractivity contribution in [3.05, 3.63) is 123 Å². The highest BCUT2D eigenvalue weighted by Gasteiger charge is 2.30. The molecule has 2 heterocycles. The second-order valence-electron chi connectivity index (χ2n) is 10.1. The van der Waals surface area contributed by atoms with Gasteiger partial charge in [0.15, 0.2) is 5.43 Å². The van der Waals surface area contributed by atoms with Gasteiger partial charge in [-0.3, -0.25) is 9.59 Å². The zero-order chi connectivity index (χ0) is 29.5. The molecule has 0 bridgehead atoms. The molecule has 218 valence electrons. The quantitative estimate of drug-likeness (QED) is 0.246. The van der Waals surface area contributed by atoms with Crippen LogP contribution < -0.4 is 5.43 Å². The average Bonchev–Trinajstić information content (AvgIpc) is 3.52. The molecule has 1 atom stereocenters. The van der Waals surface area contributed by atoms with Gasteiger partial charge < -0.3 is 14.1 Å². The third-order valence-corrected chi connectivity index (χ3v) is 8.56. The zero-order valence-corrected chi connectivity index (χ0v) is 23.7. The van der Waals surface area contributed by atoms with Gasteiger partial charge in [-0.25, -0.2) is 12.8 Å². The molecule has 0 radical (unpaired) electrons. The molecule has 4 aromatic rings. The van der Waals surface area contributed by atoms with E-state index >= 15 is 0 Å². The molecular weight excluding hydrogens is 559 g/mol. The summed E-state index contributed by atoms with van der Waals surface area (Å²) >= 11 is 0. The monoisotopic (exact) mass is 590 g/mol. The number of hydrogen-bond donors (Lipinski definition) is 0. The Hall–Kier alpha value is -4.12. The van der Waals surface area contributed by atoms with Crippen LogP contribution in [0.2, 0.25) is 0 Å². The number of halogens is 1. The lowest BCUT2D eigenvalue weighted by atomic mass is 10.1. The van der Waals surface area contributed by atoms with Gasteiger partial charge in [0.05, 0.1) is 36.4 Å². The largest absolute Gasteiger partial charge is 0.464 e. The van der Waals surface area contributed by atoms with Gasteiger partial charge >= 0.3 is 0 Å². The molecule has 3 aromatic carbocycles. The minimum absolute atomic E-state index is 0.00963. The number of ether oxygens (including phenoxy) is 1. The second kappa shape index (κ2) is 13.2. The third-order valence-electron chi connectivity index (χ3n) is 7.09. The van der Waals surface area contributed by atoms with E-state index in [-0.39, 0.29) is 36.7 Å². The summed E-state index contributed by atoms with van der Waals surface area (Å²) < 4.78 is 53.1. The molecule has 1 aromatic heterocycles. The maximum absolute atomic E-state index is 13.8. The summed E-state index contributed by atoms with van der Waals surface area (Å²) in [5.74, 6) is -0.951. The van der Waals surface area contributed by atoms with Gasteiger partial charge in [-0.15, -0.1) is 0 Å². The number of para-hydroxylation sites is 1. The predicted molar refractivity (Wildman–Crippen MR) is 158 cm³/mol. The van der Waals surface area contributed by atoms with Gasteiger partial charge in [0.2, 0.25) is 15.9 Å². The molecule has 0 saturated carbocycles. The van der Waals surface area contributed by atoms with E-state index in [4.69, 9.17) is 9.15 Å². The van der Waals surface area contributed by atoms with Crippen molar-refractivity contribution in [2.75, 3.05) is 19.7 Å². The molecule has 1 unspecified atom stereocenters. The van der Waals surface area contributed by atoms with Crippen LogP contribution in [-0.4, -0.2) is 49.3 Å². The van der Waals surface area contributed by atoms with Crippen molar-refractivity contribution in [2.45, 2.75) is 32.0 Å². The maximum atomic E-state index is 13.8. The van der Waals surface area contributed by atoms with E-state index in [2.05, 4.69) is 0 Å². The molecule has 0 spiro atoms. The van der Waals surface area contributed by atoms with Crippen molar-refractivity contribution in [1.82, 2.24) is 9.21 Å². The van der Waals surface area contributed by atoms with Gasteiger partial charge in [-0.1, -0.05) is 54.6 Å². The molecule has 5 rings (SSSR count). The maximum Gasteiger partial charge on any atom is 0.238 e. The molecule has 8 nitrogen and oxygen atoms in total. The Bertz CT molecular complexity index is 1720. The number of fused-ring (bicyclic) bond motifs is 1. The van der Waals surface area contributed by atoms with Crippen molar-refractivity contribution in [3.8, 4) is 0 Å². The summed E-state index contributed by atoms with van der Waals surface area (Å²) in [6, 6.07) is 21.5. The number of benzene rings is 3. The highest BCUT2D eigenvalue weighted by atomic mass is 32.2. The summed E-state index contributed by atoms with van der Waals surface area (Å²) in [7, 11) is -4.03. The molecule has 1 fully saturated rings. The second-order valence-corrected chi connectivity index (χ2v) is 12.0. The fraction of sp³-hybridized carbons (Fsp3) is 0.250. The number of hydrogen-bond acceptors (Lipinski definition) is 6. The van der Waals surface area contributed by atoms with Crippen molar-refractivity contribution < 1.29 is 26.8 Å². The molecular formula is C32H31FN2O6S. The normalized spacial score (nSPS) is 15.5. The number of carbonyl (C=O) groups excluding carboxylic acids is 1.